The number of benzene rings is 1. The van der Waals surface area contributed by atoms with Gasteiger partial charge in [0.2, 0.25) is 0 Å². The number of anilines is 1. The predicted octanol–water partition coefficient (Wildman–Crippen LogP) is 3.83. The predicted molar refractivity (Wildman–Crippen MR) is 75.1 cm³/mol. The Morgan fingerprint density at radius 2 is 2.22 bits per heavy atom. The lowest BCUT2D eigenvalue weighted by Gasteiger charge is -2.15. The van der Waals surface area contributed by atoms with Crippen molar-refractivity contribution < 1.29 is 0 Å². The van der Waals surface area contributed by atoms with Crippen molar-refractivity contribution in [3.05, 3.63) is 58.3 Å². The van der Waals surface area contributed by atoms with E-state index < -0.39 is 0 Å². The normalized spacial score (nSPS) is 11.6. The number of aromatic nitrogens is 1. The monoisotopic (exact) mass is 301 g/mol. The van der Waals surface area contributed by atoms with Crippen molar-refractivity contribution in [1.82, 2.24) is 4.98 Å². The third kappa shape index (κ3) is 2.88. The number of hydrogen-bond acceptors (Lipinski definition) is 3. The minimum Gasteiger partial charge on any atom is -0.365 e. The van der Waals surface area contributed by atoms with Gasteiger partial charge in [-0.2, -0.15) is 5.26 Å². The Bertz CT molecular complexity index is 575. The van der Waals surface area contributed by atoms with Gasteiger partial charge in [-0.05, 0) is 42.3 Å². The Labute approximate surface area is 115 Å². The summed E-state index contributed by atoms with van der Waals surface area (Å²) in [7, 11) is 0. The number of nitriles is 1. The highest BCUT2D eigenvalue weighted by molar-refractivity contribution is 9.10. The third-order valence-corrected chi connectivity index (χ3v) is 3.15. The topological polar surface area (TPSA) is 48.7 Å². The molecule has 3 nitrogen and oxygen atoms in total. The molecule has 0 amide bonds. The van der Waals surface area contributed by atoms with Crippen LogP contribution in [0.1, 0.15) is 17.2 Å². The molecule has 1 unspecified atom stereocenters. The van der Waals surface area contributed by atoms with Gasteiger partial charge in [-0.15, -0.1) is 0 Å². The van der Waals surface area contributed by atoms with Crippen LogP contribution in [0.3, 0.4) is 0 Å². The molecule has 0 fully saturated rings. The Morgan fingerprint density at radius 1 is 1.39 bits per heavy atom. The van der Waals surface area contributed by atoms with E-state index >= 15 is 0 Å². The molecule has 0 aliphatic heterocycles. The Kier molecular flexibility index (Phi) is 3.96. The van der Waals surface area contributed by atoms with Gasteiger partial charge in [0, 0.05) is 16.9 Å². The standard InChI is InChI=1S/C14H12BrN3/c1-10-4-5-11(15)7-13(10)14(8-16)18-12-3-2-6-17-9-12/h2-7,9,14,18H,1H3. The van der Waals surface area contributed by atoms with Gasteiger partial charge < -0.3 is 5.32 Å². The molecule has 1 N–H and O–H groups in total. The van der Waals surface area contributed by atoms with Crippen LogP contribution in [0, 0.1) is 18.3 Å². The minimum atomic E-state index is -0.383. The van der Waals surface area contributed by atoms with Crippen molar-refractivity contribution in [2.45, 2.75) is 13.0 Å². The Balaban J connectivity index is 2.29. The second-order valence-electron chi connectivity index (χ2n) is 3.95. The summed E-state index contributed by atoms with van der Waals surface area (Å²) in [5, 5.41) is 12.5. The summed E-state index contributed by atoms with van der Waals surface area (Å²) < 4.78 is 0.969. The highest BCUT2D eigenvalue weighted by Crippen LogP contribution is 2.24. The molecule has 0 spiro atoms. The lowest BCUT2D eigenvalue weighted by molar-refractivity contribution is 0.977. The first-order valence-corrected chi connectivity index (χ1v) is 6.32. The first-order chi connectivity index (χ1) is 8.70. The first kappa shape index (κ1) is 12.6. The van der Waals surface area contributed by atoms with Crippen molar-refractivity contribution in [3.63, 3.8) is 0 Å². The molecular weight excluding hydrogens is 290 g/mol. The molecule has 18 heavy (non-hydrogen) atoms. The molecular formula is C14H12BrN3. The number of halogens is 1. The van der Waals surface area contributed by atoms with Crippen molar-refractivity contribution >= 4 is 21.6 Å². The summed E-state index contributed by atoms with van der Waals surface area (Å²) in [5.74, 6) is 0. The molecule has 4 heteroatoms. The maximum absolute atomic E-state index is 9.31. The zero-order valence-electron chi connectivity index (χ0n) is 9.89. The zero-order valence-corrected chi connectivity index (χ0v) is 11.5. The van der Waals surface area contributed by atoms with Gasteiger partial charge >= 0.3 is 0 Å². The smallest absolute Gasteiger partial charge is 0.140 e. The SMILES string of the molecule is Cc1ccc(Br)cc1C(C#N)Nc1cccnc1. The molecule has 0 aliphatic rings. The van der Waals surface area contributed by atoms with E-state index in [9.17, 15) is 5.26 Å². The average molecular weight is 302 g/mol. The van der Waals surface area contributed by atoms with Gasteiger partial charge in [-0.3, -0.25) is 4.98 Å². The molecule has 0 aliphatic carbocycles. The molecule has 2 rings (SSSR count). The van der Waals surface area contributed by atoms with Crippen LogP contribution >= 0.6 is 15.9 Å². The molecule has 1 aromatic heterocycles. The first-order valence-electron chi connectivity index (χ1n) is 5.53. The summed E-state index contributed by atoms with van der Waals surface area (Å²) in [6.07, 6.45) is 3.41. The van der Waals surface area contributed by atoms with E-state index in [1.54, 1.807) is 12.4 Å². The average Bonchev–Trinajstić information content (AvgIpc) is 2.40. The van der Waals surface area contributed by atoms with Crippen molar-refractivity contribution in [3.8, 4) is 6.07 Å². The fourth-order valence-electron chi connectivity index (χ4n) is 1.72. The highest BCUT2D eigenvalue weighted by Gasteiger charge is 2.13. The van der Waals surface area contributed by atoms with Gasteiger partial charge in [-0.1, -0.05) is 22.0 Å². The van der Waals surface area contributed by atoms with E-state index in [1.807, 2.05) is 37.3 Å². The highest BCUT2D eigenvalue weighted by atomic mass is 79.9. The van der Waals surface area contributed by atoms with Crippen molar-refractivity contribution in [2.24, 2.45) is 0 Å². The van der Waals surface area contributed by atoms with Crippen LogP contribution in [0.5, 0.6) is 0 Å². The molecule has 1 heterocycles. The van der Waals surface area contributed by atoms with Crippen LogP contribution in [-0.2, 0) is 0 Å². The lowest BCUT2D eigenvalue weighted by atomic mass is 10.0. The molecule has 0 saturated heterocycles. The fraction of sp³-hybridized carbons (Fsp3) is 0.143. The molecule has 1 aromatic carbocycles. The summed E-state index contributed by atoms with van der Waals surface area (Å²) in [4.78, 5) is 4.02. The minimum absolute atomic E-state index is 0.383. The Morgan fingerprint density at radius 3 is 2.89 bits per heavy atom. The zero-order chi connectivity index (χ0) is 13.0. The largest absolute Gasteiger partial charge is 0.365 e. The van der Waals surface area contributed by atoms with Gasteiger partial charge in [0.1, 0.15) is 6.04 Å². The van der Waals surface area contributed by atoms with Gasteiger partial charge in [0.15, 0.2) is 0 Å². The van der Waals surface area contributed by atoms with Gasteiger partial charge in [-0.25, -0.2) is 0 Å². The Hall–Kier alpha value is -1.86. The molecule has 2 aromatic rings. The van der Waals surface area contributed by atoms with E-state index in [0.29, 0.717) is 0 Å². The molecule has 0 saturated carbocycles. The van der Waals surface area contributed by atoms with E-state index in [1.165, 1.54) is 0 Å². The summed E-state index contributed by atoms with van der Waals surface area (Å²) in [5.41, 5.74) is 2.89. The van der Waals surface area contributed by atoms with Gasteiger partial charge in [0.25, 0.3) is 0 Å². The second-order valence-corrected chi connectivity index (χ2v) is 4.86. The number of aryl methyl sites for hydroxylation is 1. The third-order valence-electron chi connectivity index (χ3n) is 2.65. The van der Waals surface area contributed by atoms with E-state index in [0.717, 1.165) is 21.3 Å². The number of nitrogens with zero attached hydrogens (tertiary/aromatic N) is 2. The van der Waals surface area contributed by atoms with Crippen LogP contribution in [0.2, 0.25) is 0 Å². The number of rotatable bonds is 3. The second kappa shape index (κ2) is 5.65. The molecule has 90 valence electrons. The van der Waals surface area contributed by atoms with Crippen LogP contribution in [0.25, 0.3) is 0 Å². The van der Waals surface area contributed by atoms with Crippen molar-refractivity contribution in [2.75, 3.05) is 5.32 Å². The quantitative estimate of drug-likeness (QED) is 0.937. The van der Waals surface area contributed by atoms with E-state index in [2.05, 4.69) is 32.3 Å². The summed E-state index contributed by atoms with van der Waals surface area (Å²) in [6.45, 7) is 2.00. The number of hydrogen-bond donors (Lipinski definition) is 1. The molecule has 0 bridgehead atoms. The van der Waals surface area contributed by atoms with E-state index in [-0.39, 0.29) is 6.04 Å². The summed E-state index contributed by atoms with van der Waals surface area (Å²) >= 11 is 3.43. The maximum atomic E-state index is 9.31. The van der Waals surface area contributed by atoms with Crippen molar-refractivity contribution in [1.29, 1.82) is 5.26 Å². The van der Waals surface area contributed by atoms with E-state index in [4.69, 9.17) is 0 Å². The van der Waals surface area contributed by atoms with Crippen LogP contribution in [-0.4, -0.2) is 4.98 Å². The van der Waals surface area contributed by atoms with Crippen LogP contribution < -0.4 is 5.32 Å². The maximum Gasteiger partial charge on any atom is 0.140 e. The molecule has 1 atom stereocenters. The van der Waals surface area contributed by atoms with Crippen LogP contribution in [0.4, 0.5) is 5.69 Å². The molecule has 0 radical (unpaired) electrons. The number of pyridine rings is 1. The number of nitrogens with one attached hydrogen (secondary N) is 1. The van der Waals surface area contributed by atoms with Crippen LogP contribution in [0.15, 0.2) is 47.2 Å². The van der Waals surface area contributed by atoms with Gasteiger partial charge in [0.05, 0.1) is 11.8 Å². The lowest BCUT2D eigenvalue weighted by Crippen LogP contribution is -2.10. The fourth-order valence-corrected chi connectivity index (χ4v) is 2.10. The summed E-state index contributed by atoms with van der Waals surface area (Å²) in [6, 6.07) is 11.6.